The van der Waals surface area contributed by atoms with Crippen molar-refractivity contribution in [3.63, 3.8) is 0 Å². The van der Waals surface area contributed by atoms with E-state index in [1.165, 1.54) is 5.56 Å². The van der Waals surface area contributed by atoms with Gasteiger partial charge in [-0.3, -0.25) is 0 Å². The van der Waals surface area contributed by atoms with Crippen molar-refractivity contribution < 1.29 is 9.94 Å². The number of aromatic hydroxyl groups is 1. The molecule has 1 N–H and O–H groups in total. The largest absolute Gasteiger partial charge is 0.507 e. The van der Waals surface area contributed by atoms with Gasteiger partial charge in [-0.25, -0.2) is 0 Å². The normalized spacial score (nSPS) is 17.9. The van der Waals surface area contributed by atoms with Crippen LogP contribution in [0.4, 0.5) is 0 Å². The second kappa shape index (κ2) is 5.14. The summed E-state index contributed by atoms with van der Waals surface area (Å²) in [6.07, 6.45) is 1.62. The predicted molar refractivity (Wildman–Crippen MR) is 74.3 cm³/mol. The number of hydrogen-bond donors (Lipinski definition) is 1. The summed E-state index contributed by atoms with van der Waals surface area (Å²) in [5.41, 5.74) is 2.82. The molecule has 0 fully saturated rings. The predicted octanol–water partition coefficient (Wildman–Crippen LogP) is 3.13. The molecule has 1 aliphatic heterocycles. The standard InChI is InChI=1S/C16H15NO2/c18-16-9-5-4-8-14(16)15-11-13(19-17-15)10-12-6-2-1-3-7-12/h1-9,13,18H,10-11H2/t13-/m1/s1. The molecule has 0 amide bonds. The second-order valence-corrected chi connectivity index (χ2v) is 4.68. The number of benzene rings is 2. The summed E-state index contributed by atoms with van der Waals surface area (Å²) < 4.78 is 0. The lowest BCUT2D eigenvalue weighted by molar-refractivity contribution is 0.0859. The van der Waals surface area contributed by atoms with Crippen LogP contribution in [0.5, 0.6) is 5.75 Å². The van der Waals surface area contributed by atoms with Gasteiger partial charge in [0, 0.05) is 18.4 Å². The van der Waals surface area contributed by atoms with E-state index in [-0.39, 0.29) is 11.9 Å². The van der Waals surface area contributed by atoms with Crippen molar-refractivity contribution >= 4 is 5.71 Å². The molecule has 0 aromatic heterocycles. The van der Waals surface area contributed by atoms with Crippen LogP contribution in [-0.4, -0.2) is 16.9 Å². The molecule has 96 valence electrons. The molecule has 1 aliphatic rings. The third-order valence-electron chi connectivity index (χ3n) is 3.25. The number of oxime groups is 1. The Kier molecular flexibility index (Phi) is 3.19. The van der Waals surface area contributed by atoms with E-state index >= 15 is 0 Å². The number of hydrogen-bond acceptors (Lipinski definition) is 3. The number of phenols is 1. The lowest BCUT2D eigenvalue weighted by atomic mass is 10.00. The van der Waals surface area contributed by atoms with Gasteiger partial charge in [0.05, 0.1) is 5.71 Å². The minimum Gasteiger partial charge on any atom is -0.507 e. The minimum absolute atomic E-state index is 0.0528. The van der Waals surface area contributed by atoms with Gasteiger partial charge < -0.3 is 9.94 Å². The highest BCUT2D eigenvalue weighted by Gasteiger charge is 2.23. The van der Waals surface area contributed by atoms with Crippen LogP contribution >= 0.6 is 0 Å². The molecule has 19 heavy (non-hydrogen) atoms. The van der Waals surface area contributed by atoms with Crippen molar-refractivity contribution in [2.75, 3.05) is 0 Å². The zero-order valence-corrected chi connectivity index (χ0v) is 10.5. The van der Waals surface area contributed by atoms with E-state index in [1.54, 1.807) is 12.1 Å². The summed E-state index contributed by atoms with van der Waals surface area (Å²) in [6, 6.07) is 17.4. The molecular weight excluding hydrogens is 238 g/mol. The maximum absolute atomic E-state index is 9.81. The molecule has 0 spiro atoms. The van der Waals surface area contributed by atoms with Gasteiger partial charge in [0.15, 0.2) is 0 Å². The first-order valence-electron chi connectivity index (χ1n) is 6.38. The molecule has 0 saturated carbocycles. The van der Waals surface area contributed by atoms with Gasteiger partial charge in [-0.05, 0) is 17.7 Å². The van der Waals surface area contributed by atoms with Crippen molar-refractivity contribution in [2.24, 2.45) is 5.16 Å². The maximum Gasteiger partial charge on any atom is 0.137 e. The lowest BCUT2D eigenvalue weighted by Gasteiger charge is -2.07. The van der Waals surface area contributed by atoms with Gasteiger partial charge in [0.1, 0.15) is 11.9 Å². The van der Waals surface area contributed by atoms with E-state index in [0.29, 0.717) is 0 Å². The topological polar surface area (TPSA) is 41.8 Å². The molecule has 3 heteroatoms. The van der Waals surface area contributed by atoms with E-state index in [4.69, 9.17) is 4.84 Å². The van der Waals surface area contributed by atoms with Crippen LogP contribution in [0.3, 0.4) is 0 Å². The second-order valence-electron chi connectivity index (χ2n) is 4.68. The Morgan fingerprint density at radius 1 is 1.05 bits per heavy atom. The molecular formula is C16H15NO2. The zero-order chi connectivity index (χ0) is 13.1. The van der Waals surface area contributed by atoms with Crippen molar-refractivity contribution in [3.8, 4) is 5.75 Å². The average molecular weight is 253 g/mol. The van der Waals surface area contributed by atoms with Crippen LogP contribution in [0.2, 0.25) is 0 Å². The molecule has 0 unspecified atom stereocenters. The van der Waals surface area contributed by atoms with Gasteiger partial charge in [0.2, 0.25) is 0 Å². The maximum atomic E-state index is 9.81. The fourth-order valence-electron chi connectivity index (χ4n) is 2.29. The Balaban J connectivity index is 1.69. The van der Waals surface area contributed by atoms with E-state index < -0.39 is 0 Å². The fourth-order valence-corrected chi connectivity index (χ4v) is 2.29. The van der Waals surface area contributed by atoms with Crippen LogP contribution in [0.15, 0.2) is 59.8 Å². The zero-order valence-electron chi connectivity index (χ0n) is 10.5. The van der Waals surface area contributed by atoms with Crippen LogP contribution < -0.4 is 0 Å². The Hall–Kier alpha value is -2.29. The first-order valence-corrected chi connectivity index (χ1v) is 6.38. The fraction of sp³-hybridized carbons (Fsp3) is 0.188. The van der Waals surface area contributed by atoms with Crippen LogP contribution in [0, 0.1) is 0 Å². The molecule has 2 aromatic rings. The molecule has 3 nitrogen and oxygen atoms in total. The van der Waals surface area contributed by atoms with Gasteiger partial charge >= 0.3 is 0 Å². The molecule has 0 aliphatic carbocycles. The van der Waals surface area contributed by atoms with Crippen molar-refractivity contribution in [2.45, 2.75) is 18.9 Å². The quantitative estimate of drug-likeness (QED) is 0.913. The summed E-state index contributed by atoms with van der Waals surface area (Å²) in [4.78, 5) is 5.46. The van der Waals surface area contributed by atoms with Crippen LogP contribution in [0.25, 0.3) is 0 Å². The first-order chi connectivity index (χ1) is 9.33. The smallest absolute Gasteiger partial charge is 0.137 e. The summed E-state index contributed by atoms with van der Waals surface area (Å²) in [7, 11) is 0. The third-order valence-corrected chi connectivity index (χ3v) is 3.25. The number of phenolic OH excluding ortho intramolecular Hbond substituents is 1. The summed E-state index contributed by atoms with van der Waals surface area (Å²) in [6.45, 7) is 0. The molecule has 1 heterocycles. The average Bonchev–Trinajstić information content (AvgIpc) is 2.89. The van der Waals surface area contributed by atoms with Crippen LogP contribution in [0.1, 0.15) is 17.5 Å². The summed E-state index contributed by atoms with van der Waals surface area (Å²) >= 11 is 0. The SMILES string of the molecule is Oc1ccccc1C1=NO[C@H](Cc2ccccc2)C1. The lowest BCUT2D eigenvalue weighted by Crippen LogP contribution is -2.11. The van der Waals surface area contributed by atoms with Gasteiger partial charge in [-0.15, -0.1) is 0 Å². The monoisotopic (exact) mass is 253 g/mol. The molecule has 0 saturated heterocycles. The van der Waals surface area contributed by atoms with Gasteiger partial charge in [0.25, 0.3) is 0 Å². The highest BCUT2D eigenvalue weighted by atomic mass is 16.6. The van der Waals surface area contributed by atoms with Crippen molar-refractivity contribution in [1.29, 1.82) is 0 Å². The van der Waals surface area contributed by atoms with Crippen molar-refractivity contribution in [1.82, 2.24) is 0 Å². The van der Waals surface area contributed by atoms with E-state index in [1.807, 2.05) is 30.3 Å². The van der Waals surface area contributed by atoms with Gasteiger partial charge in [-0.1, -0.05) is 47.6 Å². The Morgan fingerprint density at radius 2 is 1.79 bits per heavy atom. The highest BCUT2D eigenvalue weighted by molar-refractivity contribution is 6.03. The number of para-hydroxylation sites is 1. The Morgan fingerprint density at radius 3 is 2.58 bits per heavy atom. The molecule has 0 radical (unpaired) electrons. The Labute approximate surface area is 112 Å². The summed E-state index contributed by atoms with van der Waals surface area (Å²) in [5, 5.41) is 13.9. The Bertz CT molecular complexity index is 593. The highest BCUT2D eigenvalue weighted by Crippen LogP contribution is 2.24. The minimum atomic E-state index is 0.0528. The third kappa shape index (κ3) is 2.60. The number of rotatable bonds is 3. The van der Waals surface area contributed by atoms with Crippen molar-refractivity contribution in [3.05, 3.63) is 65.7 Å². The molecule has 2 aromatic carbocycles. The first kappa shape index (κ1) is 11.8. The van der Waals surface area contributed by atoms with E-state index in [0.717, 1.165) is 24.1 Å². The number of nitrogens with zero attached hydrogens (tertiary/aromatic N) is 1. The molecule has 0 bridgehead atoms. The van der Waals surface area contributed by atoms with E-state index in [2.05, 4.69) is 17.3 Å². The van der Waals surface area contributed by atoms with Gasteiger partial charge in [-0.2, -0.15) is 0 Å². The van der Waals surface area contributed by atoms with Crippen LogP contribution in [-0.2, 0) is 11.3 Å². The molecule has 3 rings (SSSR count). The molecule has 1 atom stereocenters. The summed E-state index contributed by atoms with van der Waals surface area (Å²) in [5.74, 6) is 0.255. The van der Waals surface area contributed by atoms with E-state index in [9.17, 15) is 5.11 Å².